The zero-order chi connectivity index (χ0) is 24.4. The van der Waals surface area contributed by atoms with Gasteiger partial charge >= 0.3 is 0 Å². The minimum absolute atomic E-state index is 0.226. The smallest absolute Gasteiger partial charge is 0.255 e. The van der Waals surface area contributed by atoms with E-state index in [1.807, 2.05) is 12.1 Å². The average Bonchev–Trinajstić information content (AvgIpc) is 3.29. The topological polar surface area (TPSA) is 99.8 Å². The summed E-state index contributed by atoms with van der Waals surface area (Å²) in [5, 5.41) is 6.80. The molecular weight excluding hydrogens is 485 g/mol. The summed E-state index contributed by atoms with van der Waals surface area (Å²) < 4.78 is 0. The molecule has 0 spiro atoms. The molecule has 5 rings (SSSR count). The molecule has 0 aliphatic carbocycles. The van der Waals surface area contributed by atoms with E-state index in [-0.39, 0.29) is 11.8 Å². The van der Waals surface area contributed by atoms with Gasteiger partial charge in [-0.05, 0) is 78.9 Å². The highest BCUT2D eigenvalue weighted by atomic mass is 35.5. The molecule has 5 aromatic rings. The van der Waals surface area contributed by atoms with Crippen LogP contribution in [0.25, 0.3) is 22.6 Å². The summed E-state index contributed by atoms with van der Waals surface area (Å²) in [5.41, 5.74) is 4.19. The van der Waals surface area contributed by atoms with Crippen molar-refractivity contribution in [2.45, 2.75) is 0 Å². The molecule has 0 unspecified atom stereocenters. The maximum Gasteiger partial charge on any atom is 0.255 e. The number of halogens is 2. The van der Waals surface area contributed by atoms with Gasteiger partial charge in [0, 0.05) is 32.4 Å². The Morgan fingerprint density at radius 3 is 1.83 bits per heavy atom. The molecular formula is C26H17Cl2N5O2. The first kappa shape index (κ1) is 22.6. The second kappa shape index (κ2) is 9.58. The van der Waals surface area contributed by atoms with E-state index >= 15 is 0 Å². The Morgan fingerprint density at radius 2 is 1.26 bits per heavy atom. The van der Waals surface area contributed by atoms with E-state index in [1.54, 1.807) is 72.9 Å². The number of aromatic amines is 1. The van der Waals surface area contributed by atoms with Crippen LogP contribution in [0.1, 0.15) is 20.7 Å². The second-order valence-electron chi connectivity index (χ2n) is 7.68. The second-order valence-corrected chi connectivity index (χ2v) is 8.55. The molecule has 3 N–H and O–H groups in total. The molecule has 172 valence electrons. The van der Waals surface area contributed by atoms with Gasteiger partial charge in [-0.1, -0.05) is 23.2 Å². The molecule has 0 atom stereocenters. The van der Waals surface area contributed by atoms with Gasteiger partial charge in [0.1, 0.15) is 11.3 Å². The number of fused-ring (bicyclic) bond motifs is 1. The standard InChI is InChI=1S/C26H17Cl2N5O2/c27-18-7-1-16(2-8-18)25(34)30-20-11-5-15(6-12-20)23-32-22-13-21(14-29-24(22)33-23)31-26(35)17-3-9-19(28)10-4-17/h1-14H,(H,30,34)(H,31,35)(H,29,32,33). The number of H-pyrrole nitrogens is 1. The predicted octanol–water partition coefficient (Wildman–Crippen LogP) is 6.44. The lowest BCUT2D eigenvalue weighted by Gasteiger charge is -2.06. The molecule has 2 aromatic heterocycles. The molecule has 2 amide bonds. The van der Waals surface area contributed by atoms with Crippen molar-refractivity contribution in [1.29, 1.82) is 0 Å². The van der Waals surface area contributed by atoms with Crippen molar-refractivity contribution in [3.05, 3.63) is 106 Å². The summed E-state index contributed by atoms with van der Waals surface area (Å²) >= 11 is 11.8. The van der Waals surface area contributed by atoms with Gasteiger partial charge in [-0.2, -0.15) is 0 Å². The summed E-state index contributed by atoms with van der Waals surface area (Å²) in [4.78, 5) is 37.0. The summed E-state index contributed by atoms with van der Waals surface area (Å²) in [6.45, 7) is 0. The third-order valence-corrected chi connectivity index (χ3v) is 5.73. The number of carbonyl (C=O) groups excluding carboxylic acids is 2. The Bertz CT molecular complexity index is 1530. The van der Waals surface area contributed by atoms with Gasteiger partial charge in [0.15, 0.2) is 5.65 Å². The summed E-state index contributed by atoms with van der Waals surface area (Å²) in [7, 11) is 0. The van der Waals surface area contributed by atoms with Gasteiger partial charge in [0.05, 0.1) is 11.9 Å². The molecule has 7 nitrogen and oxygen atoms in total. The Kier molecular flexibility index (Phi) is 6.18. The van der Waals surface area contributed by atoms with Crippen molar-refractivity contribution >= 4 is 57.6 Å². The Morgan fingerprint density at radius 1 is 0.714 bits per heavy atom. The number of amides is 2. The third-order valence-electron chi connectivity index (χ3n) is 5.22. The minimum Gasteiger partial charge on any atom is -0.323 e. The molecule has 0 saturated carbocycles. The van der Waals surface area contributed by atoms with Crippen molar-refractivity contribution in [2.24, 2.45) is 0 Å². The predicted molar refractivity (Wildman–Crippen MR) is 138 cm³/mol. The fourth-order valence-corrected chi connectivity index (χ4v) is 3.67. The first-order valence-corrected chi connectivity index (χ1v) is 11.3. The maximum atomic E-state index is 12.5. The number of rotatable bonds is 5. The number of aromatic nitrogens is 3. The van der Waals surface area contributed by atoms with E-state index in [0.29, 0.717) is 49.5 Å². The van der Waals surface area contributed by atoms with E-state index < -0.39 is 0 Å². The van der Waals surface area contributed by atoms with Crippen LogP contribution >= 0.6 is 23.2 Å². The SMILES string of the molecule is O=C(Nc1ccc(-c2nc3cc(NC(=O)c4ccc(Cl)cc4)cnc3[nH]2)cc1)c1ccc(Cl)cc1. The van der Waals surface area contributed by atoms with Crippen molar-refractivity contribution in [2.75, 3.05) is 10.6 Å². The van der Waals surface area contributed by atoms with Crippen LogP contribution < -0.4 is 10.6 Å². The van der Waals surface area contributed by atoms with Crippen LogP contribution in [-0.4, -0.2) is 26.8 Å². The van der Waals surface area contributed by atoms with Crippen molar-refractivity contribution in [1.82, 2.24) is 15.0 Å². The van der Waals surface area contributed by atoms with E-state index in [9.17, 15) is 9.59 Å². The van der Waals surface area contributed by atoms with E-state index in [4.69, 9.17) is 23.2 Å². The molecule has 9 heteroatoms. The summed E-state index contributed by atoms with van der Waals surface area (Å²) in [6.07, 6.45) is 1.56. The van der Waals surface area contributed by atoms with Crippen molar-refractivity contribution in [3.63, 3.8) is 0 Å². The van der Waals surface area contributed by atoms with E-state index in [1.165, 1.54) is 0 Å². The molecule has 0 fully saturated rings. The Balaban J connectivity index is 1.30. The molecule has 0 aliphatic heterocycles. The number of nitrogens with zero attached hydrogens (tertiary/aromatic N) is 2. The molecule has 0 radical (unpaired) electrons. The van der Waals surface area contributed by atoms with Crippen LogP contribution in [-0.2, 0) is 0 Å². The minimum atomic E-state index is -0.269. The average molecular weight is 502 g/mol. The lowest BCUT2D eigenvalue weighted by Crippen LogP contribution is -2.11. The van der Waals surface area contributed by atoms with E-state index in [2.05, 4.69) is 25.6 Å². The molecule has 0 aliphatic rings. The zero-order valence-corrected chi connectivity index (χ0v) is 19.6. The third kappa shape index (κ3) is 5.16. The quantitative estimate of drug-likeness (QED) is 0.258. The van der Waals surface area contributed by atoms with Gasteiger partial charge in [-0.3, -0.25) is 9.59 Å². The molecule has 0 saturated heterocycles. The van der Waals surface area contributed by atoms with Crippen LogP contribution in [0.2, 0.25) is 10.0 Å². The highest BCUT2D eigenvalue weighted by Crippen LogP contribution is 2.23. The summed E-state index contributed by atoms with van der Waals surface area (Å²) in [5.74, 6) is 0.120. The largest absolute Gasteiger partial charge is 0.323 e. The lowest BCUT2D eigenvalue weighted by molar-refractivity contribution is 0.101. The lowest BCUT2D eigenvalue weighted by atomic mass is 10.1. The number of imidazole rings is 1. The van der Waals surface area contributed by atoms with Crippen LogP contribution in [0, 0.1) is 0 Å². The molecule has 2 heterocycles. The van der Waals surface area contributed by atoms with E-state index in [0.717, 1.165) is 5.56 Å². The van der Waals surface area contributed by atoms with Crippen LogP contribution in [0.3, 0.4) is 0 Å². The van der Waals surface area contributed by atoms with Gasteiger partial charge in [-0.15, -0.1) is 0 Å². The Labute approximate surface area is 210 Å². The number of pyridine rings is 1. The van der Waals surface area contributed by atoms with Gasteiger partial charge in [0.25, 0.3) is 11.8 Å². The zero-order valence-electron chi connectivity index (χ0n) is 18.0. The molecule has 0 bridgehead atoms. The van der Waals surface area contributed by atoms with Crippen LogP contribution in [0.5, 0.6) is 0 Å². The number of carbonyl (C=O) groups is 2. The fourth-order valence-electron chi connectivity index (χ4n) is 3.42. The monoisotopic (exact) mass is 501 g/mol. The van der Waals surface area contributed by atoms with Crippen molar-refractivity contribution in [3.8, 4) is 11.4 Å². The maximum absolute atomic E-state index is 12.5. The number of anilines is 2. The highest BCUT2D eigenvalue weighted by molar-refractivity contribution is 6.31. The van der Waals surface area contributed by atoms with Crippen LogP contribution in [0.15, 0.2) is 85.1 Å². The highest BCUT2D eigenvalue weighted by Gasteiger charge is 2.11. The fraction of sp³-hybridized carbons (Fsp3) is 0. The normalized spacial score (nSPS) is 10.8. The number of nitrogens with one attached hydrogen (secondary N) is 3. The first-order chi connectivity index (χ1) is 16.9. The molecule has 3 aromatic carbocycles. The molecule has 35 heavy (non-hydrogen) atoms. The van der Waals surface area contributed by atoms with Crippen molar-refractivity contribution < 1.29 is 9.59 Å². The van der Waals surface area contributed by atoms with Crippen LogP contribution in [0.4, 0.5) is 11.4 Å². The number of benzene rings is 3. The number of hydrogen-bond donors (Lipinski definition) is 3. The first-order valence-electron chi connectivity index (χ1n) is 10.5. The van der Waals surface area contributed by atoms with Gasteiger partial charge in [-0.25, -0.2) is 9.97 Å². The van der Waals surface area contributed by atoms with Gasteiger partial charge < -0.3 is 15.6 Å². The van der Waals surface area contributed by atoms with Gasteiger partial charge in [0.2, 0.25) is 0 Å². The number of hydrogen-bond acceptors (Lipinski definition) is 4. The summed E-state index contributed by atoms with van der Waals surface area (Å²) in [6, 6.07) is 22.3. The Hall–Kier alpha value is -4.20.